The molecule has 0 saturated heterocycles. The lowest BCUT2D eigenvalue weighted by atomic mass is 9.43. The Morgan fingerprint density at radius 1 is 0.406 bits per heavy atom. The molecule has 1 aromatic heterocycles. The molecule has 4 bridgehead atoms. The quantitative estimate of drug-likeness (QED) is 0.161. The third kappa shape index (κ3) is 5.58. The van der Waals surface area contributed by atoms with Crippen molar-refractivity contribution in [3.63, 3.8) is 0 Å². The summed E-state index contributed by atoms with van der Waals surface area (Å²) in [5.74, 6) is 3.13. The Kier molecular flexibility index (Phi) is 8.54. The molecule has 0 radical (unpaired) electrons. The van der Waals surface area contributed by atoms with Crippen molar-refractivity contribution in [2.45, 2.75) is 56.8 Å². The molecule has 2 heteroatoms. The minimum Gasteiger partial charge on any atom is -0.309 e. The van der Waals surface area contributed by atoms with Gasteiger partial charge in [-0.1, -0.05) is 178 Å². The van der Waals surface area contributed by atoms with Crippen molar-refractivity contribution in [2.24, 2.45) is 23.7 Å². The zero-order chi connectivity index (χ0) is 45.6. The Morgan fingerprint density at radius 3 is 1.78 bits per heavy atom. The molecule has 1 heterocycles. The van der Waals surface area contributed by atoms with Crippen LogP contribution in [0.5, 0.6) is 0 Å². The molecule has 69 heavy (non-hydrogen) atoms. The van der Waals surface area contributed by atoms with Crippen molar-refractivity contribution in [1.29, 1.82) is 0 Å². The van der Waals surface area contributed by atoms with Crippen LogP contribution < -0.4 is 4.90 Å². The van der Waals surface area contributed by atoms with Crippen LogP contribution in [0.4, 0.5) is 17.1 Å². The Labute approximate surface area is 409 Å². The lowest BCUT2D eigenvalue weighted by molar-refractivity contribution is -0.0399. The van der Waals surface area contributed by atoms with Gasteiger partial charge < -0.3 is 4.90 Å². The highest BCUT2D eigenvalue weighted by Crippen LogP contribution is 2.70. The number of nitrogens with zero attached hydrogens (tertiary/aromatic N) is 1. The molecule has 332 valence electrons. The Hall–Kier alpha value is -7.00. The fraction of sp³-hybridized carbons (Fsp3) is 0.194. The first-order chi connectivity index (χ1) is 33.9. The largest absolute Gasteiger partial charge is 0.309 e. The van der Waals surface area contributed by atoms with Gasteiger partial charge in [-0.05, 0) is 159 Å². The fourth-order valence-corrected chi connectivity index (χ4v) is 16.6. The van der Waals surface area contributed by atoms with Crippen LogP contribution in [-0.4, -0.2) is 0 Å². The first-order valence-corrected chi connectivity index (χ1v) is 26.2. The average molecular weight is 904 g/mol. The summed E-state index contributed by atoms with van der Waals surface area (Å²) in [6, 6.07) is 76.8. The molecule has 4 saturated carbocycles. The van der Waals surface area contributed by atoms with Gasteiger partial charge in [0.15, 0.2) is 0 Å². The first kappa shape index (κ1) is 39.9. The van der Waals surface area contributed by atoms with Crippen LogP contribution in [0.15, 0.2) is 200 Å². The van der Waals surface area contributed by atoms with E-state index in [0.29, 0.717) is 11.8 Å². The molecule has 1 nitrogen and oxygen atoms in total. The maximum atomic E-state index is 2.68. The van der Waals surface area contributed by atoms with Crippen molar-refractivity contribution in [3.05, 3.63) is 222 Å². The summed E-state index contributed by atoms with van der Waals surface area (Å²) >= 11 is 1.91. The average Bonchev–Trinajstić information content (AvgIpc) is 4.00. The SMILES string of the molecule is CC1(C)c2ccccc2-c2cccc(-c3ccccc3N(c3ccc4c(c3)C3(c5ccccc5-4)C4CC5CC(C4)CC3C5)c3ccc(-c4cccc5c4sc4ccccc45)cc3-c3ccccc3)c21. The summed E-state index contributed by atoms with van der Waals surface area (Å²) in [7, 11) is 0. The van der Waals surface area contributed by atoms with Gasteiger partial charge in [0, 0.05) is 47.8 Å². The van der Waals surface area contributed by atoms with E-state index in [9.17, 15) is 0 Å². The number of para-hydroxylation sites is 1. The van der Waals surface area contributed by atoms with E-state index in [2.05, 4.69) is 219 Å². The first-order valence-electron chi connectivity index (χ1n) is 25.4. The summed E-state index contributed by atoms with van der Waals surface area (Å²) in [4.78, 5) is 2.66. The van der Waals surface area contributed by atoms with Gasteiger partial charge in [0.05, 0.1) is 11.4 Å². The number of thiophene rings is 1. The molecular formula is C67H53NS. The van der Waals surface area contributed by atoms with Crippen LogP contribution in [0.2, 0.25) is 0 Å². The number of benzene rings is 9. The number of anilines is 3. The zero-order valence-corrected chi connectivity index (χ0v) is 40.1. The molecule has 0 N–H and O–H groups in total. The minimum atomic E-state index is -0.171. The number of rotatable bonds is 6. The number of hydrogen-bond acceptors (Lipinski definition) is 2. The highest BCUT2D eigenvalue weighted by atomic mass is 32.1. The molecule has 16 rings (SSSR count). The highest BCUT2D eigenvalue weighted by molar-refractivity contribution is 7.26. The van der Waals surface area contributed by atoms with E-state index in [-0.39, 0.29) is 10.8 Å². The molecule has 9 aromatic carbocycles. The summed E-state index contributed by atoms with van der Waals surface area (Å²) in [5.41, 5.74) is 22.6. The second-order valence-corrected chi connectivity index (χ2v) is 22.6. The van der Waals surface area contributed by atoms with Crippen molar-refractivity contribution in [1.82, 2.24) is 0 Å². The lowest BCUT2D eigenvalue weighted by Crippen LogP contribution is -2.55. The van der Waals surface area contributed by atoms with E-state index >= 15 is 0 Å². The standard InChI is InChI=1S/C67H53NS/c1-66(2)58-26-10-6-19-50(58)54-23-15-24-55(64(54)66)52-20-8-12-28-61(52)68(47-31-32-51-49-18-7-11-27-59(49)67(60(51)40-47)45-35-41-34-42(37-45)38-46(67)36-41)62-33-30-44(39-57(62)43-16-4-3-5-17-43)48-22-14-25-56-53-21-9-13-29-63(53)69-65(48)56/h3-33,39-42,45-46H,34-38H2,1-2H3. The zero-order valence-electron chi connectivity index (χ0n) is 39.3. The van der Waals surface area contributed by atoms with Crippen molar-refractivity contribution >= 4 is 48.6 Å². The second-order valence-electron chi connectivity index (χ2n) is 21.6. The van der Waals surface area contributed by atoms with E-state index < -0.39 is 0 Å². The fourth-order valence-electron chi connectivity index (χ4n) is 15.4. The van der Waals surface area contributed by atoms with Crippen LogP contribution in [0.25, 0.3) is 75.8 Å². The molecule has 0 atom stereocenters. The van der Waals surface area contributed by atoms with Gasteiger partial charge in [0.25, 0.3) is 0 Å². The Balaban J connectivity index is 0.997. The Bertz CT molecular complexity index is 3710. The minimum absolute atomic E-state index is 0.0473. The Morgan fingerprint density at radius 2 is 0.986 bits per heavy atom. The van der Waals surface area contributed by atoms with E-state index in [1.807, 2.05) is 11.3 Å². The van der Waals surface area contributed by atoms with Gasteiger partial charge in [-0.3, -0.25) is 0 Å². The highest BCUT2D eigenvalue weighted by Gasteiger charge is 2.61. The van der Waals surface area contributed by atoms with Crippen LogP contribution in [-0.2, 0) is 10.8 Å². The molecule has 0 unspecified atom stereocenters. The molecule has 10 aromatic rings. The summed E-state index contributed by atoms with van der Waals surface area (Å²) in [5, 5.41) is 2.66. The van der Waals surface area contributed by atoms with Crippen LogP contribution in [0, 0.1) is 23.7 Å². The summed E-state index contributed by atoms with van der Waals surface area (Å²) < 4.78 is 2.67. The third-order valence-electron chi connectivity index (χ3n) is 17.8. The van der Waals surface area contributed by atoms with Gasteiger partial charge in [-0.25, -0.2) is 0 Å². The number of hydrogen-bond donors (Lipinski definition) is 0. The van der Waals surface area contributed by atoms with Crippen molar-refractivity contribution < 1.29 is 0 Å². The van der Waals surface area contributed by atoms with E-state index in [0.717, 1.165) is 11.8 Å². The molecule has 0 aliphatic heterocycles. The van der Waals surface area contributed by atoms with Crippen LogP contribution >= 0.6 is 11.3 Å². The predicted molar refractivity (Wildman–Crippen MR) is 291 cm³/mol. The monoisotopic (exact) mass is 903 g/mol. The topological polar surface area (TPSA) is 3.24 Å². The van der Waals surface area contributed by atoms with Crippen LogP contribution in [0.3, 0.4) is 0 Å². The molecule has 1 spiro atoms. The third-order valence-corrected chi connectivity index (χ3v) is 19.1. The molecule has 6 aliphatic rings. The summed E-state index contributed by atoms with van der Waals surface area (Å²) in [6.07, 6.45) is 6.90. The lowest BCUT2D eigenvalue weighted by Gasteiger charge is -2.61. The van der Waals surface area contributed by atoms with Crippen LogP contribution in [0.1, 0.15) is 68.2 Å². The van der Waals surface area contributed by atoms with Crippen molar-refractivity contribution in [2.75, 3.05) is 4.90 Å². The van der Waals surface area contributed by atoms with E-state index in [1.54, 1.807) is 11.1 Å². The second kappa shape index (κ2) is 14.8. The van der Waals surface area contributed by atoms with Gasteiger partial charge in [-0.15, -0.1) is 11.3 Å². The summed E-state index contributed by atoms with van der Waals surface area (Å²) in [6.45, 7) is 4.85. The van der Waals surface area contributed by atoms with E-state index in [1.165, 1.54) is 136 Å². The normalized spacial score (nSPS) is 21.9. The molecular weight excluding hydrogens is 851 g/mol. The van der Waals surface area contributed by atoms with Gasteiger partial charge in [0.1, 0.15) is 0 Å². The maximum Gasteiger partial charge on any atom is 0.0540 e. The molecule has 0 amide bonds. The van der Waals surface area contributed by atoms with Crippen molar-refractivity contribution in [3.8, 4) is 55.6 Å². The molecule has 4 fully saturated rings. The van der Waals surface area contributed by atoms with E-state index in [4.69, 9.17) is 0 Å². The molecule has 6 aliphatic carbocycles. The van der Waals surface area contributed by atoms with Gasteiger partial charge in [0.2, 0.25) is 0 Å². The number of fused-ring (bicyclic) bond motifs is 9. The van der Waals surface area contributed by atoms with Gasteiger partial charge >= 0.3 is 0 Å². The maximum absolute atomic E-state index is 2.68. The smallest absolute Gasteiger partial charge is 0.0540 e. The predicted octanol–water partition coefficient (Wildman–Crippen LogP) is 18.6. The van der Waals surface area contributed by atoms with Gasteiger partial charge in [-0.2, -0.15) is 0 Å².